The molecule has 0 radical (unpaired) electrons. The number of anilines is 2. The van der Waals surface area contributed by atoms with E-state index in [4.69, 9.17) is 16.2 Å². The van der Waals surface area contributed by atoms with Crippen molar-refractivity contribution in [1.82, 2.24) is 9.69 Å². The van der Waals surface area contributed by atoms with Crippen molar-refractivity contribution in [2.24, 2.45) is 5.73 Å². The summed E-state index contributed by atoms with van der Waals surface area (Å²) in [6.07, 6.45) is 0. The fraction of sp³-hybridized carbons (Fsp3) is 0.278. The summed E-state index contributed by atoms with van der Waals surface area (Å²) in [7, 11) is 0. The second-order valence-electron chi connectivity index (χ2n) is 5.99. The van der Waals surface area contributed by atoms with Crippen LogP contribution in [0.4, 0.5) is 15.8 Å². The molecule has 1 atom stereocenters. The summed E-state index contributed by atoms with van der Waals surface area (Å²) in [6, 6.07) is 3.83. The van der Waals surface area contributed by atoms with E-state index in [-0.39, 0.29) is 28.6 Å². The van der Waals surface area contributed by atoms with Crippen molar-refractivity contribution in [2.45, 2.75) is 19.9 Å². The molecule has 12 heteroatoms. The molecule has 5 N–H and O–H groups in total. The first kappa shape index (κ1) is 22.7. The Kier molecular flexibility index (Phi) is 7.42. The molecule has 0 saturated carbocycles. The Bertz CT molecular complexity index is 980. The normalized spacial score (nSPS) is 11.4. The first-order valence-electron chi connectivity index (χ1n) is 8.74. The smallest absolute Gasteiger partial charge is 0.325 e. The number of hydrogen-bond acceptors (Lipinski definition) is 8. The molecule has 2 rings (SSSR count). The molecule has 10 nitrogen and oxygen atoms in total. The molecule has 0 aliphatic rings. The molecule has 0 aliphatic heterocycles. The van der Waals surface area contributed by atoms with Crippen molar-refractivity contribution in [3.8, 4) is 0 Å². The molecule has 0 fully saturated rings. The van der Waals surface area contributed by atoms with Gasteiger partial charge in [-0.05, 0) is 43.6 Å². The van der Waals surface area contributed by atoms with Gasteiger partial charge in [0.25, 0.3) is 11.8 Å². The maximum Gasteiger partial charge on any atom is 0.325 e. The lowest BCUT2D eigenvalue weighted by Gasteiger charge is -2.28. The van der Waals surface area contributed by atoms with Gasteiger partial charge in [-0.25, -0.2) is 4.39 Å². The molecule has 1 heterocycles. The van der Waals surface area contributed by atoms with Crippen LogP contribution >= 0.6 is 11.5 Å². The topological polar surface area (TPSA) is 158 Å². The van der Waals surface area contributed by atoms with E-state index in [1.165, 1.54) is 25.1 Å². The number of carbonyl (C=O) groups excluding carboxylic acids is 4. The number of esters is 1. The lowest BCUT2D eigenvalue weighted by molar-refractivity contribution is -0.143. The van der Waals surface area contributed by atoms with Crippen LogP contribution in [0.3, 0.4) is 0 Å². The summed E-state index contributed by atoms with van der Waals surface area (Å²) in [5.74, 6) is -3.69. The number of amides is 3. The van der Waals surface area contributed by atoms with Crippen molar-refractivity contribution in [3.63, 3.8) is 0 Å². The molecule has 1 unspecified atom stereocenters. The number of halogens is 1. The van der Waals surface area contributed by atoms with Crippen LogP contribution in [0.5, 0.6) is 0 Å². The Balaban J connectivity index is 2.38. The highest BCUT2D eigenvalue weighted by molar-refractivity contribution is 7.09. The number of ether oxygens (including phenoxy) is 1. The van der Waals surface area contributed by atoms with E-state index in [0.717, 1.165) is 11.0 Å². The van der Waals surface area contributed by atoms with E-state index in [1.54, 1.807) is 6.92 Å². The van der Waals surface area contributed by atoms with Crippen molar-refractivity contribution in [3.05, 3.63) is 40.7 Å². The molecule has 1 aromatic heterocycles. The molecule has 0 spiro atoms. The van der Waals surface area contributed by atoms with Crippen LogP contribution in [-0.2, 0) is 14.3 Å². The zero-order valence-electron chi connectivity index (χ0n) is 16.2. The molecule has 30 heavy (non-hydrogen) atoms. The van der Waals surface area contributed by atoms with Gasteiger partial charge in [0, 0.05) is 5.69 Å². The van der Waals surface area contributed by atoms with Crippen molar-refractivity contribution < 1.29 is 28.3 Å². The minimum absolute atomic E-state index is 0.0622. The van der Waals surface area contributed by atoms with Crippen molar-refractivity contribution in [1.29, 1.82) is 0 Å². The number of nitrogens with one attached hydrogen (secondary N) is 1. The molecule has 0 aliphatic carbocycles. The van der Waals surface area contributed by atoms with E-state index in [0.29, 0.717) is 11.5 Å². The third kappa shape index (κ3) is 5.08. The first-order chi connectivity index (χ1) is 14.2. The quantitative estimate of drug-likeness (QED) is 0.512. The van der Waals surface area contributed by atoms with Gasteiger partial charge < -0.3 is 21.5 Å². The Hall–Kier alpha value is -3.54. The van der Waals surface area contributed by atoms with Crippen molar-refractivity contribution >= 4 is 46.6 Å². The van der Waals surface area contributed by atoms with Gasteiger partial charge in [0.2, 0.25) is 5.91 Å². The highest BCUT2D eigenvalue weighted by atomic mass is 32.1. The maximum absolute atomic E-state index is 13.8. The molecule has 1 aromatic carbocycles. The lowest BCUT2D eigenvalue weighted by atomic mass is 10.1. The average Bonchev–Trinajstić information content (AvgIpc) is 3.08. The molecule has 2 aromatic rings. The molecule has 3 amide bonds. The lowest BCUT2D eigenvalue weighted by Crippen LogP contribution is -2.49. The Morgan fingerprint density at radius 3 is 2.60 bits per heavy atom. The average molecular weight is 437 g/mol. The Morgan fingerprint density at radius 1 is 1.33 bits per heavy atom. The van der Waals surface area contributed by atoms with Gasteiger partial charge in [-0.15, -0.1) is 0 Å². The molecule has 0 bridgehead atoms. The number of aromatic nitrogens is 1. The van der Waals surface area contributed by atoms with Crippen LogP contribution in [0.15, 0.2) is 24.3 Å². The van der Waals surface area contributed by atoms with Crippen LogP contribution in [0.2, 0.25) is 0 Å². The van der Waals surface area contributed by atoms with Gasteiger partial charge in [0.15, 0.2) is 5.69 Å². The van der Waals surface area contributed by atoms with Crippen LogP contribution in [0.25, 0.3) is 0 Å². The second-order valence-corrected chi connectivity index (χ2v) is 6.77. The maximum atomic E-state index is 13.8. The molecule has 160 valence electrons. The predicted octanol–water partition coefficient (Wildman–Crippen LogP) is 0.678. The highest BCUT2D eigenvalue weighted by Gasteiger charge is 2.32. The molecule has 0 saturated heterocycles. The SMILES string of the molecule is CCOC(=O)CNC(=O)C(C)N(C(=O)c1snc(C(N)=O)c1N)c1cccc(F)c1. The largest absolute Gasteiger partial charge is 0.465 e. The summed E-state index contributed by atoms with van der Waals surface area (Å²) in [5, 5.41) is 2.36. The summed E-state index contributed by atoms with van der Waals surface area (Å²) < 4.78 is 22.3. The number of rotatable bonds is 8. The van der Waals surface area contributed by atoms with E-state index in [9.17, 15) is 23.6 Å². The minimum Gasteiger partial charge on any atom is -0.465 e. The number of nitrogens with zero attached hydrogens (tertiary/aromatic N) is 2. The Morgan fingerprint density at radius 2 is 2.03 bits per heavy atom. The van der Waals surface area contributed by atoms with Gasteiger partial charge in [0.05, 0.1) is 12.3 Å². The monoisotopic (exact) mass is 437 g/mol. The van der Waals surface area contributed by atoms with Gasteiger partial charge in [0.1, 0.15) is 23.3 Å². The molecular weight excluding hydrogens is 417 g/mol. The van der Waals surface area contributed by atoms with E-state index < -0.39 is 42.1 Å². The first-order valence-corrected chi connectivity index (χ1v) is 9.52. The van der Waals surface area contributed by atoms with E-state index in [1.807, 2.05) is 0 Å². The summed E-state index contributed by atoms with van der Waals surface area (Å²) in [6.45, 7) is 2.74. The van der Waals surface area contributed by atoms with E-state index in [2.05, 4.69) is 9.69 Å². The van der Waals surface area contributed by atoms with Gasteiger partial charge in [-0.2, -0.15) is 4.37 Å². The number of primary amides is 1. The molecular formula is C18H20FN5O5S. The van der Waals surface area contributed by atoms with Crippen LogP contribution in [0.1, 0.15) is 34.0 Å². The van der Waals surface area contributed by atoms with Gasteiger partial charge in [-0.1, -0.05) is 6.07 Å². The fourth-order valence-corrected chi connectivity index (χ4v) is 3.26. The van der Waals surface area contributed by atoms with Crippen molar-refractivity contribution in [2.75, 3.05) is 23.8 Å². The second kappa shape index (κ2) is 9.78. The van der Waals surface area contributed by atoms with Crippen LogP contribution in [-0.4, -0.2) is 47.3 Å². The standard InChI is InChI=1S/C18H20FN5O5S/c1-3-29-12(25)8-22-17(27)9(2)24(11-6-4-5-10(19)7-11)18(28)15-13(20)14(16(21)26)23-30-15/h4-7,9H,3,8,20H2,1-2H3,(H2,21,26)(H,22,27). The third-order valence-electron chi connectivity index (χ3n) is 3.94. The zero-order valence-corrected chi connectivity index (χ0v) is 17.0. The van der Waals surface area contributed by atoms with Crippen LogP contribution in [0, 0.1) is 5.82 Å². The number of nitrogens with two attached hydrogens (primary N) is 2. The number of hydrogen-bond donors (Lipinski definition) is 3. The number of carbonyl (C=O) groups is 4. The zero-order chi connectivity index (χ0) is 22.4. The fourth-order valence-electron chi connectivity index (χ4n) is 2.52. The Labute approximate surface area is 175 Å². The predicted molar refractivity (Wildman–Crippen MR) is 107 cm³/mol. The van der Waals surface area contributed by atoms with Crippen LogP contribution < -0.4 is 21.7 Å². The highest BCUT2D eigenvalue weighted by Crippen LogP contribution is 2.27. The van der Waals surface area contributed by atoms with Gasteiger partial charge in [-0.3, -0.25) is 24.1 Å². The summed E-state index contributed by atoms with van der Waals surface area (Å²) in [4.78, 5) is 49.5. The number of nitrogen functional groups attached to an aromatic ring is 1. The third-order valence-corrected chi connectivity index (χ3v) is 4.79. The number of benzene rings is 1. The minimum atomic E-state index is -1.17. The van der Waals surface area contributed by atoms with E-state index >= 15 is 0 Å². The van der Waals surface area contributed by atoms with Gasteiger partial charge >= 0.3 is 5.97 Å². The summed E-state index contributed by atoms with van der Waals surface area (Å²) in [5.41, 5.74) is 10.5. The summed E-state index contributed by atoms with van der Waals surface area (Å²) >= 11 is 0.627.